The van der Waals surface area contributed by atoms with E-state index in [-0.39, 0.29) is 24.0 Å². The molecule has 0 saturated heterocycles. The van der Waals surface area contributed by atoms with Gasteiger partial charge in [0.15, 0.2) is 11.4 Å². The maximum absolute atomic E-state index is 12.9. The van der Waals surface area contributed by atoms with Gasteiger partial charge in [0.2, 0.25) is 11.8 Å². The van der Waals surface area contributed by atoms with Crippen LogP contribution in [0.2, 0.25) is 0 Å². The number of benzene rings is 1. The molecule has 4 aromatic rings. The van der Waals surface area contributed by atoms with Gasteiger partial charge in [-0.25, -0.2) is 4.98 Å². The standard InChI is InChI=1S/C24H23F2N9O3S/c1-13(36)30-16-2-3-19-17(11-16)31-23(38-19)14-4-6-27-18(10-14)22(37)29-8-7-28-20(15-5-9-39-12-15)21-32-34-35(33-21)24(25)26/h2-6,9-12,20,24,28,34H,7-8H2,1H3,(H,29,37)(H,30,36)(H,32,33). The molecule has 15 heteroatoms. The number of aromatic nitrogens is 2. The van der Waals surface area contributed by atoms with Gasteiger partial charge < -0.3 is 20.4 Å². The van der Waals surface area contributed by atoms with Crippen molar-refractivity contribution in [2.75, 3.05) is 18.4 Å². The lowest BCUT2D eigenvalue weighted by Gasteiger charge is -2.17. The molecule has 2 amide bonds. The second kappa shape index (κ2) is 11.5. The summed E-state index contributed by atoms with van der Waals surface area (Å²) in [5, 5.41) is 16.7. The van der Waals surface area contributed by atoms with Crippen molar-refractivity contribution in [3.63, 3.8) is 0 Å². The van der Waals surface area contributed by atoms with E-state index in [0.717, 1.165) is 5.56 Å². The van der Waals surface area contributed by atoms with Crippen LogP contribution in [0.5, 0.6) is 0 Å². The van der Waals surface area contributed by atoms with Crippen molar-refractivity contribution in [1.82, 2.24) is 36.7 Å². The van der Waals surface area contributed by atoms with Gasteiger partial charge in [-0.05, 0) is 52.7 Å². The van der Waals surface area contributed by atoms with Gasteiger partial charge in [-0.1, -0.05) is 0 Å². The fourth-order valence-corrected chi connectivity index (χ4v) is 4.50. The summed E-state index contributed by atoms with van der Waals surface area (Å²) < 4.78 is 31.7. The van der Waals surface area contributed by atoms with Crippen LogP contribution in [0.3, 0.4) is 0 Å². The number of oxazole rings is 1. The summed E-state index contributed by atoms with van der Waals surface area (Å²) in [6, 6.07) is 9.72. The van der Waals surface area contributed by atoms with E-state index >= 15 is 0 Å². The fraction of sp³-hybridized carbons (Fsp3) is 0.208. The Labute approximate surface area is 224 Å². The minimum absolute atomic E-state index is 0.168. The highest BCUT2D eigenvalue weighted by Crippen LogP contribution is 2.26. The number of halogens is 2. The minimum atomic E-state index is -2.81. The highest BCUT2D eigenvalue weighted by Gasteiger charge is 2.27. The molecule has 0 aliphatic carbocycles. The maximum atomic E-state index is 12.9. The van der Waals surface area contributed by atoms with E-state index in [0.29, 0.717) is 39.9 Å². The number of carbonyl (C=O) groups is 2. The van der Waals surface area contributed by atoms with Crippen LogP contribution < -0.4 is 26.9 Å². The number of anilines is 1. The van der Waals surface area contributed by atoms with Crippen molar-refractivity contribution in [1.29, 1.82) is 0 Å². The van der Waals surface area contributed by atoms with Gasteiger partial charge >= 0.3 is 6.55 Å². The lowest BCUT2D eigenvalue weighted by molar-refractivity contribution is -0.114. The molecule has 1 aliphatic rings. The van der Waals surface area contributed by atoms with Gasteiger partial charge in [-0.2, -0.15) is 20.1 Å². The number of alkyl halides is 2. The molecule has 202 valence electrons. The Morgan fingerprint density at radius 3 is 2.79 bits per heavy atom. The van der Waals surface area contributed by atoms with Gasteiger partial charge in [0.25, 0.3) is 5.91 Å². The third-order valence-electron chi connectivity index (χ3n) is 5.56. The molecular formula is C24H23F2N9O3S. The average molecular weight is 556 g/mol. The molecule has 0 saturated carbocycles. The van der Waals surface area contributed by atoms with E-state index in [1.165, 1.54) is 24.5 Å². The van der Waals surface area contributed by atoms with Crippen molar-refractivity contribution in [2.45, 2.75) is 19.5 Å². The van der Waals surface area contributed by atoms with Crippen LogP contribution in [0.15, 0.2) is 62.9 Å². The summed E-state index contributed by atoms with van der Waals surface area (Å²) in [7, 11) is 0. The lowest BCUT2D eigenvalue weighted by Crippen LogP contribution is -2.44. The Morgan fingerprint density at radius 2 is 2.05 bits per heavy atom. The third kappa shape index (κ3) is 6.17. The Hall–Kier alpha value is -4.47. The summed E-state index contributed by atoms with van der Waals surface area (Å²) in [4.78, 5) is 32.7. The van der Waals surface area contributed by atoms with Gasteiger partial charge in [0.05, 0.1) is 6.04 Å². The number of nitrogens with zero attached hydrogens (tertiary/aromatic N) is 4. The summed E-state index contributed by atoms with van der Waals surface area (Å²) in [6.07, 6.45) is 1.48. The first-order valence-corrected chi connectivity index (χ1v) is 12.7. The molecule has 0 fully saturated rings. The lowest BCUT2D eigenvalue weighted by atomic mass is 10.1. The average Bonchev–Trinajstić information content (AvgIpc) is 3.69. The molecule has 1 aliphatic heterocycles. The predicted octanol–water partition coefficient (Wildman–Crippen LogP) is 2.83. The smallest absolute Gasteiger partial charge is 0.344 e. The van der Waals surface area contributed by atoms with Gasteiger partial charge in [0.1, 0.15) is 11.2 Å². The van der Waals surface area contributed by atoms with Gasteiger partial charge in [-0.15, -0.1) is 15.8 Å². The number of hydrogen-bond acceptors (Lipinski definition) is 11. The summed E-state index contributed by atoms with van der Waals surface area (Å²) in [5.74, 6) is -0.0223. The molecule has 0 spiro atoms. The second-order valence-corrected chi connectivity index (χ2v) is 9.14. The van der Waals surface area contributed by atoms with Crippen LogP contribution in [0, 0.1) is 0 Å². The number of thiophene rings is 1. The zero-order valence-electron chi connectivity index (χ0n) is 20.4. The van der Waals surface area contributed by atoms with E-state index in [9.17, 15) is 18.4 Å². The summed E-state index contributed by atoms with van der Waals surface area (Å²) in [6.45, 7) is -0.831. The van der Waals surface area contributed by atoms with E-state index in [4.69, 9.17) is 4.42 Å². The molecule has 5 rings (SSSR count). The summed E-state index contributed by atoms with van der Waals surface area (Å²) in [5.41, 5.74) is 8.20. The van der Waals surface area contributed by atoms with Crippen LogP contribution >= 0.6 is 11.3 Å². The number of fused-ring (bicyclic) bond motifs is 1. The second-order valence-electron chi connectivity index (χ2n) is 8.36. The fourth-order valence-electron chi connectivity index (χ4n) is 3.82. The predicted molar refractivity (Wildman–Crippen MR) is 140 cm³/mol. The van der Waals surface area contributed by atoms with Crippen LogP contribution in [-0.2, 0) is 4.79 Å². The van der Waals surface area contributed by atoms with Crippen LogP contribution in [0.25, 0.3) is 22.6 Å². The van der Waals surface area contributed by atoms with Crippen LogP contribution in [-0.4, -0.2) is 52.4 Å². The van der Waals surface area contributed by atoms with E-state index in [2.05, 4.69) is 42.0 Å². The van der Waals surface area contributed by atoms with Crippen LogP contribution in [0.1, 0.15) is 29.0 Å². The van der Waals surface area contributed by atoms with Gasteiger partial charge in [-0.3, -0.25) is 20.0 Å². The number of carbonyl (C=O) groups excluding carboxylic acids is 2. The van der Waals surface area contributed by atoms with Crippen LogP contribution in [0.4, 0.5) is 14.5 Å². The largest absolute Gasteiger partial charge is 0.436 e. The molecule has 5 N–H and O–H groups in total. The Bertz CT molecular complexity index is 1510. The molecule has 1 atom stereocenters. The van der Waals surface area contributed by atoms with Crippen molar-refractivity contribution in [2.24, 2.45) is 5.10 Å². The first-order chi connectivity index (χ1) is 18.9. The Morgan fingerprint density at radius 1 is 1.18 bits per heavy atom. The number of hydrogen-bond donors (Lipinski definition) is 5. The monoisotopic (exact) mass is 555 g/mol. The topological polar surface area (TPSA) is 149 Å². The molecule has 0 radical (unpaired) electrons. The zero-order chi connectivity index (χ0) is 27.4. The molecule has 1 unspecified atom stereocenters. The number of amides is 2. The molecular weight excluding hydrogens is 532 g/mol. The van der Waals surface area contributed by atoms with E-state index in [1.807, 2.05) is 16.8 Å². The molecule has 4 heterocycles. The first kappa shape index (κ1) is 26.1. The zero-order valence-corrected chi connectivity index (χ0v) is 21.3. The quantitative estimate of drug-likeness (QED) is 0.147. The first-order valence-electron chi connectivity index (χ1n) is 11.7. The normalized spacial score (nSPS) is 13.8. The highest BCUT2D eigenvalue weighted by molar-refractivity contribution is 7.08. The number of amidine groups is 1. The molecule has 39 heavy (non-hydrogen) atoms. The third-order valence-corrected chi connectivity index (χ3v) is 6.26. The highest BCUT2D eigenvalue weighted by atomic mass is 32.1. The number of nitrogens with one attached hydrogen (secondary N) is 5. The number of hydrazone groups is 1. The van der Waals surface area contributed by atoms with Gasteiger partial charge in [0, 0.05) is 37.5 Å². The number of hydrazine groups is 2. The molecule has 1 aromatic carbocycles. The van der Waals surface area contributed by atoms with Crippen molar-refractivity contribution < 1.29 is 22.8 Å². The number of rotatable bonds is 10. The molecule has 12 nitrogen and oxygen atoms in total. The van der Waals surface area contributed by atoms with Crippen molar-refractivity contribution in [3.05, 3.63) is 64.6 Å². The van der Waals surface area contributed by atoms with Crippen molar-refractivity contribution in [3.8, 4) is 11.5 Å². The minimum Gasteiger partial charge on any atom is -0.436 e. The Balaban J connectivity index is 1.21. The van der Waals surface area contributed by atoms with Crippen molar-refractivity contribution >= 4 is 45.8 Å². The summed E-state index contributed by atoms with van der Waals surface area (Å²) >= 11 is 1.47. The number of pyridine rings is 1. The SMILES string of the molecule is CC(=O)Nc1ccc2oc(-c3ccnc(C(=O)NCCNC(C4=NN(C(F)F)NN4)c4ccsc4)c3)nc2c1. The molecule has 3 aromatic heterocycles. The Kier molecular flexibility index (Phi) is 7.72. The van der Waals surface area contributed by atoms with E-state index in [1.54, 1.807) is 30.3 Å². The molecule has 0 bridgehead atoms. The maximum Gasteiger partial charge on any atom is 0.344 e. The van der Waals surface area contributed by atoms with E-state index < -0.39 is 18.5 Å².